The number of carbonyl (C=O) groups excluding carboxylic acids is 1. The van der Waals surface area contributed by atoms with Crippen molar-refractivity contribution in [2.75, 3.05) is 0 Å². The zero-order chi connectivity index (χ0) is 11.3. The van der Waals surface area contributed by atoms with Crippen LogP contribution < -0.4 is 0 Å². The predicted octanol–water partition coefficient (Wildman–Crippen LogP) is 3.46. The molecular weight excluding hydrogens is 188 g/mol. The lowest BCUT2D eigenvalue weighted by Crippen LogP contribution is -2.25. The maximum absolute atomic E-state index is 11.6. The summed E-state index contributed by atoms with van der Waals surface area (Å²) < 4.78 is 5.50. The van der Waals surface area contributed by atoms with Crippen LogP contribution in [-0.2, 0) is 9.53 Å². The van der Waals surface area contributed by atoms with Crippen molar-refractivity contribution in [3.63, 3.8) is 0 Å². The number of esters is 1. The van der Waals surface area contributed by atoms with Crippen LogP contribution in [0.2, 0.25) is 0 Å². The van der Waals surface area contributed by atoms with Gasteiger partial charge in [0, 0.05) is 5.57 Å². The van der Waals surface area contributed by atoms with Crippen LogP contribution in [0.4, 0.5) is 0 Å². The average molecular weight is 210 g/mol. The molecule has 1 fully saturated rings. The number of hydrogen-bond donors (Lipinski definition) is 0. The van der Waals surface area contributed by atoms with Crippen LogP contribution in [0.1, 0.15) is 52.4 Å². The first kappa shape index (κ1) is 12.3. The Balaban J connectivity index is 2.45. The van der Waals surface area contributed by atoms with E-state index in [1.807, 2.05) is 6.92 Å². The Labute approximate surface area is 92.7 Å². The molecule has 0 N–H and O–H groups in total. The van der Waals surface area contributed by atoms with Gasteiger partial charge in [0.25, 0.3) is 0 Å². The number of hydrogen-bond acceptors (Lipinski definition) is 2. The molecular formula is C13H22O2. The largest absolute Gasteiger partial charge is 0.459 e. The van der Waals surface area contributed by atoms with Crippen LogP contribution in [0.25, 0.3) is 0 Å². The van der Waals surface area contributed by atoms with Gasteiger partial charge in [0.2, 0.25) is 0 Å². The van der Waals surface area contributed by atoms with Crippen LogP contribution in [0.3, 0.4) is 0 Å². The summed E-state index contributed by atoms with van der Waals surface area (Å²) in [5, 5.41) is 0. The molecule has 1 unspecified atom stereocenters. The van der Waals surface area contributed by atoms with E-state index >= 15 is 0 Å². The fourth-order valence-electron chi connectivity index (χ4n) is 2.21. The lowest BCUT2D eigenvalue weighted by atomic mass is 9.98. The van der Waals surface area contributed by atoms with Crippen LogP contribution in [0.5, 0.6) is 0 Å². The minimum Gasteiger partial charge on any atom is -0.459 e. The van der Waals surface area contributed by atoms with Gasteiger partial charge in [0.1, 0.15) is 6.10 Å². The summed E-state index contributed by atoms with van der Waals surface area (Å²) in [6, 6.07) is 0. The summed E-state index contributed by atoms with van der Waals surface area (Å²) in [6.07, 6.45) is 6.71. The molecule has 0 radical (unpaired) electrons. The highest BCUT2D eigenvalue weighted by atomic mass is 16.5. The van der Waals surface area contributed by atoms with Gasteiger partial charge in [-0.25, -0.2) is 4.79 Å². The molecule has 2 heteroatoms. The molecule has 1 aliphatic rings. The Kier molecular flexibility index (Phi) is 4.86. The van der Waals surface area contributed by atoms with Crippen molar-refractivity contribution in [3.05, 3.63) is 12.2 Å². The minimum atomic E-state index is -0.198. The average Bonchev–Trinajstić information content (AvgIpc) is 2.77. The van der Waals surface area contributed by atoms with Crippen LogP contribution >= 0.6 is 0 Å². The standard InChI is InChI=1S/C13H22O2/c1-4-10(3)13(14)15-12(5-2)11-8-6-7-9-11/h11-12H,3-9H2,1-2H3. The van der Waals surface area contributed by atoms with Gasteiger partial charge in [0.15, 0.2) is 0 Å². The van der Waals surface area contributed by atoms with E-state index in [1.165, 1.54) is 25.7 Å². The fraction of sp³-hybridized carbons (Fsp3) is 0.769. The van der Waals surface area contributed by atoms with Gasteiger partial charge in [-0.05, 0) is 31.6 Å². The topological polar surface area (TPSA) is 26.3 Å². The number of rotatable bonds is 5. The van der Waals surface area contributed by atoms with Crippen molar-refractivity contribution in [1.82, 2.24) is 0 Å². The molecule has 0 bridgehead atoms. The molecule has 15 heavy (non-hydrogen) atoms. The lowest BCUT2D eigenvalue weighted by molar-refractivity contribution is -0.147. The molecule has 0 heterocycles. The summed E-state index contributed by atoms with van der Waals surface area (Å²) >= 11 is 0. The second-order valence-electron chi connectivity index (χ2n) is 4.35. The lowest BCUT2D eigenvalue weighted by Gasteiger charge is -2.22. The first-order chi connectivity index (χ1) is 7.19. The molecule has 1 atom stereocenters. The second kappa shape index (κ2) is 5.94. The maximum Gasteiger partial charge on any atom is 0.333 e. The summed E-state index contributed by atoms with van der Waals surface area (Å²) in [6.45, 7) is 7.73. The minimum absolute atomic E-state index is 0.114. The van der Waals surface area contributed by atoms with E-state index in [9.17, 15) is 4.79 Å². The Morgan fingerprint density at radius 1 is 1.40 bits per heavy atom. The smallest absolute Gasteiger partial charge is 0.333 e. The summed E-state index contributed by atoms with van der Waals surface area (Å²) in [7, 11) is 0. The number of carbonyl (C=O) groups is 1. The quantitative estimate of drug-likeness (QED) is 0.513. The molecule has 1 rings (SSSR count). The highest BCUT2D eigenvalue weighted by Crippen LogP contribution is 2.31. The first-order valence-electron chi connectivity index (χ1n) is 6.07. The van der Waals surface area contributed by atoms with E-state index in [-0.39, 0.29) is 12.1 Å². The van der Waals surface area contributed by atoms with Gasteiger partial charge in [-0.3, -0.25) is 0 Å². The van der Waals surface area contributed by atoms with Gasteiger partial charge >= 0.3 is 5.97 Å². The molecule has 0 amide bonds. The molecule has 0 aromatic rings. The molecule has 0 aliphatic heterocycles. The second-order valence-corrected chi connectivity index (χ2v) is 4.35. The van der Waals surface area contributed by atoms with Gasteiger partial charge in [-0.1, -0.05) is 33.3 Å². The third kappa shape index (κ3) is 3.37. The maximum atomic E-state index is 11.6. The monoisotopic (exact) mass is 210 g/mol. The highest BCUT2D eigenvalue weighted by Gasteiger charge is 2.26. The van der Waals surface area contributed by atoms with Gasteiger partial charge < -0.3 is 4.74 Å². The third-order valence-electron chi connectivity index (χ3n) is 3.30. The molecule has 0 spiro atoms. The number of ether oxygens (including phenoxy) is 1. The molecule has 0 aromatic carbocycles. The Bertz CT molecular complexity index is 227. The Hall–Kier alpha value is -0.790. The van der Waals surface area contributed by atoms with Crippen molar-refractivity contribution < 1.29 is 9.53 Å². The Morgan fingerprint density at radius 3 is 2.47 bits per heavy atom. The van der Waals surface area contributed by atoms with E-state index in [4.69, 9.17) is 4.74 Å². The zero-order valence-corrected chi connectivity index (χ0v) is 9.92. The predicted molar refractivity (Wildman–Crippen MR) is 61.6 cm³/mol. The molecule has 1 saturated carbocycles. The van der Waals surface area contributed by atoms with Crippen molar-refractivity contribution in [2.24, 2.45) is 5.92 Å². The fourth-order valence-corrected chi connectivity index (χ4v) is 2.21. The Morgan fingerprint density at radius 2 is 2.00 bits per heavy atom. The van der Waals surface area contributed by atoms with Crippen molar-refractivity contribution in [1.29, 1.82) is 0 Å². The molecule has 1 aliphatic carbocycles. The highest BCUT2D eigenvalue weighted by molar-refractivity contribution is 5.87. The first-order valence-corrected chi connectivity index (χ1v) is 6.07. The normalized spacial score (nSPS) is 18.8. The summed E-state index contributed by atoms with van der Waals surface area (Å²) in [4.78, 5) is 11.6. The van der Waals surface area contributed by atoms with Gasteiger partial charge in [0.05, 0.1) is 0 Å². The van der Waals surface area contributed by atoms with E-state index in [0.717, 1.165) is 6.42 Å². The van der Waals surface area contributed by atoms with E-state index < -0.39 is 0 Å². The molecule has 0 saturated heterocycles. The van der Waals surface area contributed by atoms with Crippen LogP contribution in [0.15, 0.2) is 12.2 Å². The van der Waals surface area contributed by atoms with E-state index in [1.54, 1.807) is 0 Å². The van der Waals surface area contributed by atoms with Crippen LogP contribution in [-0.4, -0.2) is 12.1 Å². The molecule has 0 aromatic heterocycles. The van der Waals surface area contributed by atoms with Crippen molar-refractivity contribution in [3.8, 4) is 0 Å². The summed E-state index contributed by atoms with van der Waals surface area (Å²) in [5.41, 5.74) is 0.589. The van der Waals surface area contributed by atoms with Crippen molar-refractivity contribution >= 4 is 5.97 Å². The molecule has 86 valence electrons. The SMILES string of the molecule is C=C(CC)C(=O)OC(CC)C1CCCC1. The van der Waals surface area contributed by atoms with Crippen LogP contribution in [0, 0.1) is 5.92 Å². The van der Waals surface area contributed by atoms with E-state index in [2.05, 4.69) is 13.5 Å². The molecule has 2 nitrogen and oxygen atoms in total. The van der Waals surface area contributed by atoms with Crippen molar-refractivity contribution in [2.45, 2.75) is 58.5 Å². The van der Waals surface area contributed by atoms with Gasteiger partial charge in [-0.2, -0.15) is 0 Å². The van der Waals surface area contributed by atoms with E-state index in [0.29, 0.717) is 17.9 Å². The summed E-state index contributed by atoms with van der Waals surface area (Å²) in [5.74, 6) is 0.389. The van der Waals surface area contributed by atoms with Gasteiger partial charge in [-0.15, -0.1) is 0 Å². The third-order valence-corrected chi connectivity index (χ3v) is 3.30. The zero-order valence-electron chi connectivity index (χ0n) is 9.92.